The topological polar surface area (TPSA) is 106 Å². The maximum atomic E-state index is 12.7. The molecule has 0 saturated carbocycles. The van der Waals surface area contributed by atoms with Crippen molar-refractivity contribution < 1.29 is 38.0 Å². The van der Waals surface area contributed by atoms with Crippen LogP contribution in [0.5, 0.6) is 40.2 Å². The Labute approximate surface area is 285 Å². The highest BCUT2D eigenvalue weighted by Gasteiger charge is 2.25. The molecule has 2 N–H and O–H groups in total. The first kappa shape index (κ1) is 34.1. The number of benzene rings is 4. The van der Waals surface area contributed by atoms with Crippen LogP contribution in [-0.4, -0.2) is 54.7 Å². The van der Waals surface area contributed by atoms with Crippen molar-refractivity contribution in [1.82, 2.24) is 5.32 Å². The molecule has 1 atom stereocenters. The molecule has 0 fully saturated rings. The first-order chi connectivity index (χ1) is 23.4. The van der Waals surface area contributed by atoms with Crippen molar-refractivity contribution in [3.05, 3.63) is 94.0 Å². The van der Waals surface area contributed by atoms with E-state index >= 15 is 0 Å². The maximum absolute atomic E-state index is 12.7. The minimum absolute atomic E-state index is 0.200. The van der Waals surface area contributed by atoms with Gasteiger partial charge in [0, 0.05) is 10.7 Å². The summed E-state index contributed by atoms with van der Waals surface area (Å²) < 4.78 is 39.6. The van der Waals surface area contributed by atoms with Crippen molar-refractivity contribution in [3.63, 3.8) is 0 Å². The summed E-state index contributed by atoms with van der Waals surface area (Å²) in [5, 5.41) is 6.80. The van der Waals surface area contributed by atoms with Crippen LogP contribution < -0.4 is 43.8 Å². The average molecular weight is 675 g/mol. The summed E-state index contributed by atoms with van der Waals surface area (Å²) in [6, 6.07) is 20.3. The number of carbonyl (C=O) groups excluding carboxylic acids is 1. The number of fused-ring (bicyclic) bond motifs is 1. The second kappa shape index (κ2) is 16.1. The molecule has 48 heavy (non-hydrogen) atoms. The highest BCUT2D eigenvalue weighted by Crippen LogP contribution is 2.39. The standard InChI is InChI=1S/C37H39ClN2O8/c1-42-29-14-10-23(8-9-24-19-33(44-3)35(46-5)34(20-24)45-4)18-32(29)48-17-7-6-16-47-30-15-11-25(21-31(30)43-2)36-39-28-13-12-26(38)22-27(28)37(41)40-36/h8-15,18-22,36,39H,6-7,16-17H2,1-5H3,(H,40,41)/b9-8+. The van der Waals surface area contributed by atoms with E-state index in [1.165, 1.54) is 0 Å². The van der Waals surface area contributed by atoms with Crippen LogP contribution in [0, 0.1) is 0 Å². The molecule has 252 valence electrons. The highest BCUT2D eigenvalue weighted by atomic mass is 35.5. The first-order valence-electron chi connectivity index (χ1n) is 15.3. The number of ether oxygens (including phenoxy) is 7. The fraction of sp³-hybridized carbons (Fsp3) is 0.270. The van der Waals surface area contributed by atoms with Crippen LogP contribution in [0.1, 0.15) is 46.1 Å². The molecule has 1 aliphatic rings. The number of halogens is 1. The number of hydrogen-bond acceptors (Lipinski definition) is 9. The van der Waals surface area contributed by atoms with Crippen molar-refractivity contribution in [3.8, 4) is 40.2 Å². The van der Waals surface area contributed by atoms with E-state index in [9.17, 15) is 4.79 Å². The summed E-state index contributed by atoms with van der Waals surface area (Å²) in [7, 11) is 7.97. The van der Waals surface area contributed by atoms with E-state index in [1.54, 1.807) is 53.7 Å². The monoisotopic (exact) mass is 674 g/mol. The molecular formula is C37H39ClN2O8. The van der Waals surface area contributed by atoms with Gasteiger partial charge in [-0.25, -0.2) is 0 Å². The second-order valence-electron chi connectivity index (χ2n) is 10.8. The largest absolute Gasteiger partial charge is 0.493 e. The van der Waals surface area contributed by atoms with Crippen molar-refractivity contribution in [2.45, 2.75) is 19.0 Å². The van der Waals surface area contributed by atoms with Gasteiger partial charge < -0.3 is 43.8 Å². The van der Waals surface area contributed by atoms with Crippen LogP contribution in [0.3, 0.4) is 0 Å². The van der Waals surface area contributed by atoms with E-state index in [2.05, 4.69) is 10.6 Å². The molecule has 1 unspecified atom stereocenters. The van der Waals surface area contributed by atoms with Crippen LogP contribution in [-0.2, 0) is 0 Å². The van der Waals surface area contributed by atoms with Crippen molar-refractivity contribution in [1.29, 1.82) is 0 Å². The molecular weight excluding hydrogens is 636 g/mol. The minimum atomic E-state index is -0.424. The van der Waals surface area contributed by atoms with Crippen LogP contribution in [0.25, 0.3) is 12.2 Å². The Morgan fingerprint density at radius 3 is 1.92 bits per heavy atom. The molecule has 5 rings (SSSR count). The molecule has 0 radical (unpaired) electrons. The Bertz CT molecular complexity index is 1750. The summed E-state index contributed by atoms with van der Waals surface area (Å²) in [5.74, 6) is 4.00. The predicted molar refractivity (Wildman–Crippen MR) is 187 cm³/mol. The molecule has 1 amide bonds. The van der Waals surface area contributed by atoms with E-state index in [4.69, 9.17) is 44.8 Å². The van der Waals surface area contributed by atoms with Gasteiger partial charge in [-0.3, -0.25) is 4.79 Å². The number of anilines is 1. The summed E-state index contributed by atoms with van der Waals surface area (Å²) in [5.41, 5.74) is 3.88. The quantitative estimate of drug-likeness (QED) is 0.0972. The lowest BCUT2D eigenvalue weighted by Crippen LogP contribution is -2.38. The van der Waals surface area contributed by atoms with Crippen LogP contribution in [0.4, 0.5) is 5.69 Å². The van der Waals surface area contributed by atoms with E-state index in [0.717, 1.165) is 29.5 Å². The second-order valence-corrected chi connectivity index (χ2v) is 11.2. The molecule has 0 saturated heterocycles. The van der Waals surface area contributed by atoms with E-state index in [-0.39, 0.29) is 5.91 Å². The number of hydrogen-bond donors (Lipinski definition) is 2. The van der Waals surface area contributed by atoms with Gasteiger partial charge in [-0.2, -0.15) is 0 Å². The van der Waals surface area contributed by atoms with Crippen molar-refractivity contribution in [2.24, 2.45) is 0 Å². The number of rotatable bonds is 15. The van der Waals surface area contributed by atoms with E-state index in [1.807, 2.05) is 60.7 Å². The summed E-state index contributed by atoms with van der Waals surface area (Å²) in [6.45, 7) is 0.954. The molecule has 1 aliphatic heterocycles. The summed E-state index contributed by atoms with van der Waals surface area (Å²) in [4.78, 5) is 12.7. The Hall–Kier alpha value is -5.22. The number of unbranched alkanes of at least 4 members (excludes halogenated alkanes) is 1. The molecule has 0 aromatic heterocycles. The Morgan fingerprint density at radius 1 is 0.625 bits per heavy atom. The van der Waals surface area contributed by atoms with Crippen LogP contribution >= 0.6 is 11.6 Å². The zero-order valence-electron chi connectivity index (χ0n) is 27.6. The third-order valence-electron chi connectivity index (χ3n) is 7.72. The van der Waals surface area contributed by atoms with E-state index < -0.39 is 6.17 Å². The Morgan fingerprint density at radius 2 is 1.25 bits per heavy atom. The molecule has 0 bridgehead atoms. The molecule has 4 aromatic carbocycles. The fourth-order valence-corrected chi connectivity index (χ4v) is 5.42. The van der Waals surface area contributed by atoms with Gasteiger partial charge in [0.25, 0.3) is 5.91 Å². The van der Waals surface area contributed by atoms with Gasteiger partial charge in [0.2, 0.25) is 5.75 Å². The van der Waals surface area contributed by atoms with Crippen LogP contribution in [0.2, 0.25) is 5.02 Å². The van der Waals surface area contributed by atoms with Gasteiger partial charge >= 0.3 is 0 Å². The van der Waals surface area contributed by atoms with Gasteiger partial charge in [0.15, 0.2) is 34.5 Å². The average Bonchev–Trinajstić information content (AvgIpc) is 3.11. The molecule has 4 aromatic rings. The van der Waals surface area contributed by atoms with Crippen molar-refractivity contribution in [2.75, 3.05) is 54.1 Å². The minimum Gasteiger partial charge on any atom is -0.493 e. The molecule has 0 spiro atoms. The van der Waals surface area contributed by atoms with Gasteiger partial charge in [-0.05, 0) is 84.1 Å². The lowest BCUT2D eigenvalue weighted by Gasteiger charge is -2.28. The summed E-state index contributed by atoms with van der Waals surface area (Å²) >= 11 is 6.06. The molecule has 0 aliphatic carbocycles. The third-order valence-corrected chi connectivity index (χ3v) is 7.95. The third kappa shape index (κ3) is 8.01. The SMILES string of the molecule is COc1cc(C2NC(=O)c3cc(Cl)ccc3N2)ccc1OCCCCOc1cc(/C=C/c2cc(OC)c(OC)c(OC)c2)ccc1OC. The first-order valence-corrected chi connectivity index (χ1v) is 15.7. The zero-order chi connectivity index (χ0) is 34.0. The van der Waals surface area contributed by atoms with E-state index in [0.29, 0.717) is 69.7 Å². The molecule has 11 heteroatoms. The van der Waals surface area contributed by atoms with Crippen LogP contribution in [0.15, 0.2) is 66.7 Å². The smallest absolute Gasteiger partial charge is 0.255 e. The highest BCUT2D eigenvalue weighted by molar-refractivity contribution is 6.31. The number of carbonyl (C=O) groups is 1. The normalized spacial score (nSPS) is 13.6. The number of methoxy groups -OCH3 is 5. The van der Waals surface area contributed by atoms with Gasteiger partial charge in [0.1, 0.15) is 6.17 Å². The van der Waals surface area contributed by atoms with Gasteiger partial charge in [-0.1, -0.05) is 35.9 Å². The predicted octanol–water partition coefficient (Wildman–Crippen LogP) is 7.65. The molecule has 10 nitrogen and oxygen atoms in total. The molecule has 1 heterocycles. The lowest BCUT2D eigenvalue weighted by molar-refractivity contribution is 0.0935. The number of nitrogens with one attached hydrogen (secondary N) is 2. The zero-order valence-corrected chi connectivity index (χ0v) is 28.3. The summed E-state index contributed by atoms with van der Waals surface area (Å²) in [6.07, 6.45) is 5.04. The van der Waals surface area contributed by atoms with Gasteiger partial charge in [0.05, 0.1) is 54.3 Å². The maximum Gasteiger partial charge on any atom is 0.255 e. The Kier molecular flexibility index (Phi) is 11.4. The Balaban J connectivity index is 1.14. The lowest BCUT2D eigenvalue weighted by atomic mass is 10.1. The van der Waals surface area contributed by atoms with Crippen molar-refractivity contribution >= 4 is 35.3 Å². The fourth-order valence-electron chi connectivity index (χ4n) is 5.25. The van der Waals surface area contributed by atoms with Gasteiger partial charge in [-0.15, -0.1) is 0 Å². The number of amides is 1.